The Hall–Kier alpha value is -3.62. The molecule has 3 aromatic rings. The van der Waals surface area contributed by atoms with E-state index in [1.54, 1.807) is 29.2 Å². The van der Waals surface area contributed by atoms with Crippen LogP contribution in [-0.4, -0.2) is 35.4 Å². The van der Waals surface area contributed by atoms with Crippen LogP contribution in [-0.2, 0) is 30.7 Å². The van der Waals surface area contributed by atoms with E-state index in [0.717, 1.165) is 43.0 Å². The Balaban J connectivity index is 1.39. The average Bonchev–Trinajstić information content (AvgIpc) is 3.42. The molecule has 0 bridgehead atoms. The lowest BCUT2D eigenvalue weighted by molar-refractivity contribution is -0.0504. The molecule has 2 aliphatic rings. The molecule has 0 spiro atoms. The summed E-state index contributed by atoms with van der Waals surface area (Å²) in [4.78, 5) is 18.3. The molecule has 0 aliphatic carbocycles. The maximum absolute atomic E-state index is 12.9. The van der Waals surface area contributed by atoms with Crippen LogP contribution in [0.2, 0.25) is 0 Å². The maximum Gasteiger partial charge on any atom is 0.414 e. The molecule has 0 atom stereocenters. The fourth-order valence-corrected chi connectivity index (χ4v) is 4.48. The minimum absolute atomic E-state index is 0.168. The second-order valence-corrected chi connectivity index (χ2v) is 8.25. The number of amides is 1. The minimum atomic E-state index is -2.89. The summed E-state index contributed by atoms with van der Waals surface area (Å²) in [5.74, 6) is 1.76. The summed E-state index contributed by atoms with van der Waals surface area (Å²) in [6.45, 7) is -0.961. The maximum atomic E-state index is 12.9. The van der Waals surface area contributed by atoms with Gasteiger partial charge in [-0.3, -0.25) is 4.90 Å². The molecule has 1 amide bonds. The van der Waals surface area contributed by atoms with Crippen molar-refractivity contribution >= 4 is 11.8 Å². The van der Waals surface area contributed by atoms with Crippen molar-refractivity contribution in [3.05, 3.63) is 71.3 Å². The summed E-state index contributed by atoms with van der Waals surface area (Å²) < 4.78 is 43.8. The molecule has 3 heterocycles. The van der Waals surface area contributed by atoms with E-state index < -0.39 is 6.61 Å². The summed E-state index contributed by atoms with van der Waals surface area (Å²) >= 11 is 0. The largest absolute Gasteiger partial charge is 0.487 e. The normalized spacial score (nSPS) is 15.4. The van der Waals surface area contributed by atoms with Crippen LogP contribution in [0.3, 0.4) is 0 Å². The van der Waals surface area contributed by atoms with Gasteiger partial charge in [-0.1, -0.05) is 24.3 Å². The Kier molecular flexibility index (Phi) is 6.33. The van der Waals surface area contributed by atoms with E-state index >= 15 is 0 Å². The number of carbonyl (C=O) groups excluding carboxylic acids is 1. The fourth-order valence-electron chi connectivity index (χ4n) is 4.48. The van der Waals surface area contributed by atoms with Crippen molar-refractivity contribution in [3.8, 4) is 11.5 Å². The fraction of sp³-hybridized carbons (Fsp3) is 0.360. The molecule has 5 rings (SSSR count). The second kappa shape index (κ2) is 9.70. The number of alkyl halides is 2. The Morgan fingerprint density at radius 3 is 2.79 bits per heavy atom. The van der Waals surface area contributed by atoms with Crippen LogP contribution in [0.5, 0.6) is 11.5 Å². The number of para-hydroxylation sites is 1. The monoisotopic (exact) mass is 469 g/mol. The van der Waals surface area contributed by atoms with E-state index in [0.29, 0.717) is 36.6 Å². The van der Waals surface area contributed by atoms with E-state index in [-0.39, 0.29) is 18.4 Å². The van der Waals surface area contributed by atoms with Gasteiger partial charge in [0.2, 0.25) is 0 Å². The molecular formula is C25H25F2N3O4. The summed E-state index contributed by atoms with van der Waals surface area (Å²) in [7, 11) is 0. The molecule has 0 N–H and O–H groups in total. The molecule has 1 saturated heterocycles. The molecule has 0 radical (unpaired) electrons. The number of hydrogen-bond donors (Lipinski definition) is 0. The van der Waals surface area contributed by atoms with E-state index in [1.807, 2.05) is 24.3 Å². The first-order chi connectivity index (χ1) is 16.6. The van der Waals surface area contributed by atoms with Gasteiger partial charge in [0, 0.05) is 36.7 Å². The van der Waals surface area contributed by atoms with E-state index in [2.05, 4.69) is 4.57 Å². The number of fused-ring (bicyclic) bond motifs is 1. The molecule has 2 aromatic carbocycles. The molecule has 1 aromatic heterocycles. The topological polar surface area (TPSA) is 65.8 Å². The zero-order chi connectivity index (χ0) is 23.5. The molecule has 178 valence electrons. The number of aromatic nitrogens is 2. The third-order valence-electron chi connectivity index (χ3n) is 6.08. The molecule has 7 nitrogen and oxygen atoms in total. The van der Waals surface area contributed by atoms with Gasteiger partial charge in [0.15, 0.2) is 0 Å². The number of rotatable bonds is 8. The van der Waals surface area contributed by atoms with E-state index in [9.17, 15) is 13.6 Å². The van der Waals surface area contributed by atoms with Crippen LogP contribution in [0.25, 0.3) is 0 Å². The van der Waals surface area contributed by atoms with Crippen molar-refractivity contribution in [1.82, 2.24) is 9.55 Å². The Labute approximate surface area is 195 Å². The predicted molar refractivity (Wildman–Crippen MR) is 121 cm³/mol. The average molecular weight is 469 g/mol. The molecular weight excluding hydrogens is 444 g/mol. The van der Waals surface area contributed by atoms with Gasteiger partial charge in [-0.15, -0.1) is 0 Å². The van der Waals surface area contributed by atoms with Crippen LogP contribution in [0, 0.1) is 0 Å². The second-order valence-electron chi connectivity index (χ2n) is 8.25. The third kappa shape index (κ3) is 4.69. The number of ether oxygens (including phenoxy) is 3. The van der Waals surface area contributed by atoms with Gasteiger partial charge < -0.3 is 18.8 Å². The number of nitrogens with zero attached hydrogens (tertiary/aromatic N) is 3. The number of imidazole rings is 1. The standard InChI is InChI=1S/C25H25F2N3O4/c26-24(27)34-22-9-2-1-6-17(22)14-21-20(28-23-10-3-4-11-30(21)23)16-33-19-8-5-7-18(15-19)29-12-13-32-25(29)31/h1-2,5-9,15,24H,3-4,10-14,16H2. The molecule has 0 unspecified atom stereocenters. The SMILES string of the molecule is O=C1OCCN1c1cccc(OCc2nc3n(c2Cc2ccccc2OC(F)F)CCCC3)c1. The molecule has 2 aliphatic heterocycles. The number of halogens is 2. The number of cyclic esters (lactones) is 1. The quantitative estimate of drug-likeness (QED) is 0.467. The lowest BCUT2D eigenvalue weighted by Crippen LogP contribution is -2.23. The van der Waals surface area contributed by atoms with Gasteiger partial charge in [-0.2, -0.15) is 8.78 Å². The molecule has 0 saturated carbocycles. The number of carbonyl (C=O) groups is 1. The summed E-state index contributed by atoms with van der Waals surface area (Å²) in [6, 6.07) is 14.1. The Morgan fingerprint density at radius 1 is 1.09 bits per heavy atom. The highest BCUT2D eigenvalue weighted by Gasteiger charge is 2.24. The molecule has 9 heteroatoms. The van der Waals surface area contributed by atoms with Crippen LogP contribution in [0.15, 0.2) is 48.5 Å². The van der Waals surface area contributed by atoms with Gasteiger partial charge in [0.1, 0.15) is 30.5 Å². The smallest absolute Gasteiger partial charge is 0.414 e. The number of benzene rings is 2. The predicted octanol–water partition coefficient (Wildman–Crippen LogP) is 4.95. The van der Waals surface area contributed by atoms with E-state index in [4.69, 9.17) is 19.2 Å². The highest BCUT2D eigenvalue weighted by atomic mass is 19.3. The van der Waals surface area contributed by atoms with Crippen LogP contribution >= 0.6 is 0 Å². The summed E-state index contributed by atoms with van der Waals surface area (Å²) in [5, 5.41) is 0. The minimum Gasteiger partial charge on any atom is -0.487 e. The number of aryl methyl sites for hydroxylation is 1. The highest BCUT2D eigenvalue weighted by molar-refractivity contribution is 5.89. The van der Waals surface area contributed by atoms with E-state index in [1.165, 1.54) is 0 Å². The first-order valence-corrected chi connectivity index (χ1v) is 11.4. The van der Waals surface area contributed by atoms with Gasteiger partial charge >= 0.3 is 12.7 Å². The number of anilines is 1. The third-order valence-corrected chi connectivity index (χ3v) is 6.08. The Morgan fingerprint density at radius 2 is 1.97 bits per heavy atom. The Bertz CT molecular complexity index is 1180. The zero-order valence-corrected chi connectivity index (χ0v) is 18.6. The van der Waals surface area contributed by atoms with Crippen LogP contribution < -0.4 is 14.4 Å². The first-order valence-electron chi connectivity index (χ1n) is 11.4. The van der Waals surface area contributed by atoms with Crippen molar-refractivity contribution in [1.29, 1.82) is 0 Å². The van der Waals surface area contributed by atoms with Crippen molar-refractivity contribution in [2.45, 2.75) is 45.4 Å². The zero-order valence-electron chi connectivity index (χ0n) is 18.6. The van der Waals surface area contributed by atoms with Gasteiger partial charge in [0.05, 0.1) is 17.9 Å². The summed E-state index contributed by atoms with van der Waals surface area (Å²) in [5.41, 5.74) is 3.10. The number of hydrogen-bond acceptors (Lipinski definition) is 5. The van der Waals surface area contributed by atoms with Crippen molar-refractivity contribution < 1.29 is 27.8 Å². The lowest BCUT2D eigenvalue weighted by atomic mass is 10.1. The lowest BCUT2D eigenvalue weighted by Gasteiger charge is -2.18. The van der Waals surface area contributed by atoms with Crippen LogP contribution in [0.4, 0.5) is 19.3 Å². The highest BCUT2D eigenvalue weighted by Crippen LogP contribution is 2.29. The van der Waals surface area contributed by atoms with Crippen molar-refractivity contribution in [2.75, 3.05) is 18.1 Å². The molecule has 1 fully saturated rings. The van der Waals surface area contributed by atoms with Gasteiger partial charge in [-0.05, 0) is 31.0 Å². The van der Waals surface area contributed by atoms with Crippen molar-refractivity contribution in [3.63, 3.8) is 0 Å². The van der Waals surface area contributed by atoms with Crippen molar-refractivity contribution in [2.24, 2.45) is 0 Å². The van der Waals surface area contributed by atoms with Crippen LogP contribution in [0.1, 0.15) is 35.6 Å². The van der Waals surface area contributed by atoms with Gasteiger partial charge in [0.25, 0.3) is 0 Å². The van der Waals surface area contributed by atoms with Gasteiger partial charge in [-0.25, -0.2) is 9.78 Å². The first kappa shape index (κ1) is 22.2. The summed E-state index contributed by atoms with van der Waals surface area (Å²) in [6.07, 6.45) is 3.02. The molecule has 34 heavy (non-hydrogen) atoms.